The first kappa shape index (κ1) is 21.5. The van der Waals surface area contributed by atoms with Gasteiger partial charge in [0.15, 0.2) is 6.61 Å². The lowest BCUT2D eigenvalue weighted by Gasteiger charge is -2.34. The Kier molecular flexibility index (Phi) is 7.35. The van der Waals surface area contributed by atoms with Crippen LogP contribution in [0.1, 0.15) is 11.3 Å². The van der Waals surface area contributed by atoms with Crippen molar-refractivity contribution in [1.82, 2.24) is 14.7 Å². The molecule has 0 atom stereocenters. The van der Waals surface area contributed by atoms with Gasteiger partial charge in [0.2, 0.25) is 11.2 Å². The highest BCUT2D eigenvalue weighted by Crippen LogP contribution is 2.13. The predicted octanol–water partition coefficient (Wildman–Crippen LogP) is 1.20. The lowest BCUT2D eigenvalue weighted by atomic mass is 10.2. The van der Waals surface area contributed by atoms with Gasteiger partial charge in [-0.05, 0) is 5.56 Å². The number of morpholine rings is 1. The minimum atomic E-state index is -0.265. The molecule has 8 heteroatoms. The van der Waals surface area contributed by atoms with Crippen molar-refractivity contribution in [3.05, 3.63) is 64.2 Å². The van der Waals surface area contributed by atoms with Gasteiger partial charge in [-0.2, -0.15) is 0 Å². The van der Waals surface area contributed by atoms with Gasteiger partial charge in [0.05, 0.1) is 19.8 Å². The van der Waals surface area contributed by atoms with E-state index < -0.39 is 0 Å². The molecule has 8 nitrogen and oxygen atoms in total. The quantitative estimate of drug-likeness (QED) is 0.657. The van der Waals surface area contributed by atoms with E-state index in [9.17, 15) is 9.59 Å². The molecule has 4 rings (SSSR count). The average molecular weight is 428 g/mol. The zero-order chi connectivity index (χ0) is 21.5. The van der Waals surface area contributed by atoms with Crippen molar-refractivity contribution in [2.45, 2.75) is 13.1 Å². The lowest BCUT2D eigenvalue weighted by molar-refractivity contribution is -0.137. The number of carbonyl (C=O) groups excluding carboxylic acids is 1. The molecular formula is C23H29N3O5. The molecule has 0 saturated carbocycles. The third kappa shape index (κ3) is 6.16. The first-order valence-electron chi connectivity index (χ1n) is 10.8. The van der Waals surface area contributed by atoms with Crippen molar-refractivity contribution in [2.24, 2.45) is 0 Å². The molecule has 1 aromatic carbocycles. The third-order valence-corrected chi connectivity index (χ3v) is 5.66. The SMILES string of the molecule is O=C(COc1coc(CN2CCN(Cc3ccccc3)CC2)cc1=O)N1CCOCC1. The summed E-state index contributed by atoms with van der Waals surface area (Å²) < 4.78 is 16.3. The third-order valence-electron chi connectivity index (χ3n) is 5.66. The molecule has 0 bridgehead atoms. The molecule has 1 aromatic heterocycles. The van der Waals surface area contributed by atoms with Gasteiger partial charge in [0.1, 0.15) is 12.0 Å². The maximum absolute atomic E-state index is 12.4. The Morgan fingerprint density at radius 3 is 2.29 bits per heavy atom. The summed E-state index contributed by atoms with van der Waals surface area (Å²) in [4.78, 5) is 30.9. The highest BCUT2D eigenvalue weighted by molar-refractivity contribution is 5.77. The first-order valence-corrected chi connectivity index (χ1v) is 10.8. The monoisotopic (exact) mass is 427 g/mol. The Hall–Kier alpha value is -2.68. The molecule has 0 spiro atoms. The number of hydrogen-bond donors (Lipinski definition) is 0. The second-order valence-electron chi connectivity index (χ2n) is 7.89. The maximum Gasteiger partial charge on any atom is 0.260 e. The van der Waals surface area contributed by atoms with Crippen molar-refractivity contribution >= 4 is 5.91 Å². The van der Waals surface area contributed by atoms with Crippen LogP contribution in [0, 0.1) is 0 Å². The van der Waals surface area contributed by atoms with Crippen LogP contribution in [0.25, 0.3) is 0 Å². The molecule has 0 aliphatic carbocycles. The van der Waals surface area contributed by atoms with Gasteiger partial charge in [-0.15, -0.1) is 0 Å². The van der Waals surface area contributed by atoms with Gasteiger partial charge in [0, 0.05) is 51.9 Å². The summed E-state index contributed by atoms with van der Waals surface area (Å²) in [5, 5.41) is 0. The molecule has 2 aliphatic rings. The van der Waals surface area contributed by atoms with Crippen LogP contribution in [0.4, 0.5) is 0 Å². The summed E-state index contributed by atoms with van der Waals surface area (Å²) >= 11 is 0. The number of rotatable bonds is 7. The number of nitrogens with zero attached hydrogens (tertiary/aromatic N) is 3. The normalized spacial score (nSPS) is 18.1. The van der Waals surface area contributed by atoms with Crippen LogP contribution in [0.3, 0.4) is 0 Å². The molecule has 0 unspecified atom stereocenters. The second kappa shape index (κ2) is 10.6. The smallest absolute Gasteiger partial charge is 0.260 e. The van der Waals surface area contributed by atoms with E-state index in [4.69, 9.17) is 13.9 Å². The van der Waals surface area contributed by atoms with Gasteiger partial charge in [-0.3, -0.25) is 19.4 Å². The minimum absolute atomic E-state index is 0.0676. The van der Waals surface area contributed by atoms with Gasteiger partial charge in [0.25, 0.3) is 5.91 Å². The Balaban J connectivity index is 1.23. The summed E-state index contributed by atoms with van der Waals surface area (Å²) in [6.45, 7) is 7.32. The van der Waals surface area contributed by atoms with Crippen LogP contribution in [-0.2, 0) is 22.6 Å². The van der Waals surface area contributed by atoms with Gasteiger partial charge < -0.3 is 18.8 Å². The Bertz CT molecular complexity index is 903. The molecule has 3 heterocycles. The fourth-order valence-electron chi connectivity index (χ4n) is 3.84. The zero-order valence-corrected chi connectivity index (χ0v) is 17.7. The van der Waals surface area contributed by atoms with Crippen LogP contribution in [0.2, 0.25) is 0 Å². The molecule has 31 heavy (non-hydrogen) atoms. The van der Waals surface area contributed by atoms with Crippen molar-refractivity contribution in [2.75, 3.05) is 59.1 Å². The fraction of sp³-hybridized carbons (Fsp3) is 0.478. The van der Waals surface area contributed by atoms with Crippen LogP contribution in [-0.4, -0.2) is 79.7 Å². The Labute approximate surface area is 181 Å². The summed E-state index contributed by atoms with van der Waals surface area (Å²) in [7, 11) is 0. The maximum atomic E-state index is 12.4. The summed E-state index contributed by atoms with van der Waals surface area (Å²) in [6.07, 6.45) is 1.32. The predicted molar refractivity (Wildman–Crippen MR) is 115 cm³/mol. The molecular weight excluding hydrogens is 398 g/mol. The average Bonchev–Trinajstić information content (AvgIpc) is 2.81. The van der Waals surface area contributed by atoms with E-state index in [1.165, 1.54) is 17.9 Å². The highest BCUT2D eigenvalue weighted by atomic mass is 16.5. The number of carbonyl (C=O) groups is 1. The summed E-state index contributed by atoms with van der Waals surface area (Å²) in [6, 6.07) is 11.9. The number of ether oxygens (including phenoxy) is 2. The van der Waals surface area contributed by atoms with Crippen molar-refractivity contribution in [1.29, 1.82) is 0 Å². The number of hydrogen-bond acceptors (Lipinski definition) is 7. The lowest BCUT2D eigenvalue weighted by Crippen LogP contribution is -2.45. The number of benzene rings is 1. The largest absolute Gasteiger partial charge is 0.477 e. The van der Waals surface area contributed by atoms with E-state index >= 15 is 0 Å². The summed E-state index contributed by atoms with van der Waals surface area (Å²) in [5.41, 5.74) is 1.06. The van der Waals surface area contributed by atoms with Gasteiger partial charge in [-0.1, -0.05) is 30.3 Å². The molecule has 2 fully saturated rings. The summed E-state index contributed by atoms with van der Waals surface area (Å²) in [5.74, 6) is 0.520. The van der Waals surface area contributed by atoms with Crippen molar-refractivity contribution in [3.8, 4) is 5.75 Å². The molecule has 0 N–H and O–H groups in total. The van der Waals surface area contributed by atoms with Crippen molar-refractivity contribution < 1.29 is 18.7 Å². The zero-order valence-electron chi connectivity index (χ0n) is 17.7. The van der Waals surface area contributed by atoms with Crippen LogP contribution >= 0.6 is 0 Å². The standard InChI is InChI=1S/C23H29N3O5/c27-21-14-20(30-17-22(21)31-18-23(28)26-10-12-29-13-11-26)16-25-8-6-24(7-9-25)15-19-4-2-1-3-5-19/h1-5,14,17H,6-13,15-16,18H2. The molecule has 166 valence electrons. The van der Waals surface area contributed by atoms with E-state index in [1.807, 2.05) is 6.07 Å². The van der Waals surface area contributed by atoms with Gasteiger partial charge >= 0.3 is 0 Å². The molecule has 2 aliphatic heterocycles. The van der Waals surface area contributed by atoms with E-state index in [0.717, 1.165) is 32.7 Å². The molecule has 0 radical (unpaired) electrons. The number of amides is 1. The van der Waals surface area contributed by atoms with E-state index in [-0.39, 0.29) is 23.7 Å². The fourth-order valence-corrected chi connectivity index (χ4v) is 3.84. The van der Waals surface area contributed by atoms with Crippen LogP contribution < -0.4 is 10.2 Å². The van der Waals surface area contributed by atoms with Crippen molar-refractivity contribution in [3.63, 3.8) is 0 Å². The van der Waals surface area contributed by atoms with Gasteiger partial charge in [-0.25, -0.2) is 0 Å². The second-order valence-corrected chi connectivity index (χ2v) is 7.89. The molecule has 1 amide bonds. The van der Waals surface area contributed by atoms with E-state index in [2.05, 4.69) is 34.1 Å². The topological polar surface area (TPSA) is 75.5 Å². The number of piperazine rings is 1. The molecule has 2 saturated heterocycles. The van der Waals surface area contributed by atoms with E-state index in [0.29, 0.717) is 38.6 Å². The van der Waals surface area contributed by atoms with Crippen LogP contribution in [0.5, 0.6) is 5.75 Å². The Morgan fingerprint density at radius 2 is 1.61 bits per heavy atom. The highest BCUT2D eigenvalue weighted by Gasteiger charge is 2.20. The van der Waals surface area contributed by atoms with Crippen LogP contribution in [0.15, 0.2) is 51.9 Å². The Morgan fingerprint density at radius 1 is 0.935 bits per heavy atom. The molecule has 2 aromatic rings. The minimum Gasteiger partial charge on any atom is -0.477 e. The first-order chi connectivity index (χ1) is 15.2. The van der Waals surface area contributed by atoms with E-state index in [1.54, 1.807) is 4.90 Å².